The summed E-state index contributed by atoms with van der Waals surface area (Å²) in [6, 6.07) is 14.1. The van der Waals surface area contributed by atoms with Gasteiger partial charge in [0.2, 0.25) is 0 Å². The van der Waals surface area contributed by atoms with Crippen LogP contribution >= 0.6 is 0 Å². The molecule has 0 spiro atoms. The summed E-state index contributed by atoms with van der Waals surface area (Å²) in [6.07, 6.45) is 1.87. The number of nitrogens with zero attached hydrogens (tertiary/aromatic N) is 1. The van der Waals surface area contributed by atoms with Crippen molar-refractivity contribution >= 4 is 16.9 Å². The van der Waals surface area contributed by atoms with Gasteiger partial charge in [0, 0.05) is 17.1 Å². The first-order chi connectivity index (χ1) is 7.84. The Balaban J connectivity index is 2.27. The molecular formula is C13H11N3. The van der Waals surface area contributed by atoms with Crippen LogP contribution in [0.15, 0.2) is 48.7 Å². The third kappa shape index (κ3) is 1.34. The first kappa shape index (κ1) is 8.97. The predicted octanol–water partition coefficient (Wildman–Crippen LogP) is 2.81. The highest BCUT2D eigenvalue weighted by Crippen LogP contribution is 2.27. The molecule has 0 atom stereocenters. The number of H-pyrrole nitrogens is 1. The lowest BCUT2D eigenvalue weighted by Crippen LogP contribution is -1.94. The lowest BCUT2D eigenvalue weighted by atomic mass is 10.1. The lowest BCUT2D eigenvalue weighted by molar-refractivity contribution is 1.33. The van der Waals surface area contributed by atoms with Gasteiger partial charge in [-0.3, -0.25) is 0 Å². The lowest BCUT2D eigenvalue weighted by Gasteiger charge is -2.04. The van der Waals surface area contributed by atoms with Crippen molar-refractivity contribution in [1.82, 2.24) is 9.97 Å². The number of anilines is 1. The van der Waals surface area contributed by atoms with Crippen LogP contribution in [0.4, 0.5) is 5.82 Å². The van der Waals surface area contributed by atoms with Gasteiger partial charge in [0.1, 0.15) is 11.5 Å². The van der Waals surface area contributed by atoms with Crippen molar-refractivity contribution in [3.63, 3.8) is 0 Å². The van der Waals surface area contributed by atoms with E-state index in [0.29, 0.717) is 5.82 Å². The molecule has 3 N–H and O–H groups in total. The Hall–Kier alpha value is -2.29. The van der Waals surface area contributed by atoms with Gasteiger partial charge in [-0.1, -0.05) is 30.3 Å². The summed E-state index contributed by atoms with van der Waals surface area (Å²) in [4.78, 5) is 7.38. The zero-order valence-electron chi connectivity index (χ0n) is 8.64. The summed E-state index contributed by atoms with van der Waals surface area (Å²) in [5, 5.41) is 1.08. The van der Waals surface area contributed by atoms with Crippen molar-refractivity contribution < 1.29 is 0 Å². The summed E-state index contributed by atoms with van der Waals surface area (Å²) in [6.45, 7) is 0. The normalized spacial score (nSPS) is 10.8. The molecule has 78 valence electrons. The average Bonchev–Trinajstić information content (AvgIpc) is 2.76. The molecule has 0 aliphatic heterocycles. The molecule has 0 unspecified atom stereocenters. The van der Waals surface area contributed by atoms with E-state index in [1.807, 2.05) is 42.6 Å². The fourth-order valence-corrected chi connectivity index (χ4v) is 1.84. The molecule has 0 saturated carbocycles. The topological polar surface area (TPSA) is 54.7 Å². The Labute approximate surface area is 92.9 Å². The Morgan fingerprint density at radius 2 is 1.88 bits per heavy atom. The van der Waals surface area contributed by atoms with E-state index in [9.17, 15) is 0 Å². The van der Waals surface area contributed by atoms with Crippen LogP contribution in [-0.2, 0) is 0 Å². The first-order valence-electron chi connectivity index (χ1n) is 5.13. The second-order valence-electron chi connectivity index (χ2n) is 3.70. The van der Waals surface area contributed by atoms with Crippen LogP contribution in [-0.4, -0.2) is 9.97 Å². The molecule has 3 heteroatoms. The van der Waals surface area contributed by atoms with Crippen LogP contribution in [0.3, 0.4) is 0 Å². The zero-order chi connectivity index (χ0) is 11.0. The van der Waals surface area contributed by atoms with Crippen molar-refractivity contribution in [3.8, 4) is 11.1 Å². The number of hydrogen-bond donors (Lipinski definition) is 2. The molecule has 2 aromatic heterocycles. The third-order valence-corrected chi connectivity index (χ3v) is 2.65. The molecule has 2 heterocycles. The number of nitrogen functional groups attached to an aromatic ring is 1. The number of pyridine rings is 1. The molecule has 0 amide bonds. The van der Waals surface area contributed by atoms with Crippen molar-refractivity contribution in [1.29, 1.82) is 0 Å². The molecular weight excluding hydrogens is 198 g/mol. The van der Waals surface area contributed by atoms with Crippen molar-refractivity contribution in [2.75, 3.05) is 5.73 Å². The van der Waals surface area contributed by atoms with Crippen molar-refractivity contribution in [3.05, 3.63) is 48.7 Å². The zero-order valence-corrected chi connectivity index (χ0v) is 8.64. The van der Waals surface area contributed by atoms with E-state index in [1.165, 1.54) is 0 Å². The van der Waals surface area contributed by atoms with Gasteiger partial charge >= 0.3 is 0 Å². The quantitative estimate of drug-likeness (QED) is 0.647. The van der Waals surface area contributed by atoms with Crippen LogP contribution in [0.2, 0.25) is 0 Å². The highest BCUT2D eigenvalue weighted by Gasteiger charge is 2.06. The average molecular weight is 209 g/mol. The smallest absolute Gasteiger partial charge is 0.139 e. The van der Waals surface area contributed by atoms with Crippen LogP contribution in [0.1, 0.15) is 0 Å². The van der Waals surface area contributed by atoms with Gasteiger partial charge in [-0.25, -0.2) is 4.98 Å². The van der Waals surface area contributed by atoms with Gasteiger partial charge in [0.15, 0.2) is 0 Å². The molecule has 0 radical (unpaired) electrons. The second kappa shape index (κ2) is 3.38. The van der Waals surface area contributed by atoms with Crippen LogP contribution < -0.4 is 5.73 Å². The minimum atomic E-state index is 0.557. The molecule has 16 heavy (non-hydrogen) atoms. The number of rotatable bonds is 1. The number of hydrogen-bond acceptors (Lipinski definition) is 2. The minimum absolute atomic E-state index is 0.557. The number of fused-ring (bicyclic) bond motifs is 1. The fraction of sp³-hybridized carbons (Fsp3) is 0. The molecule has 0 bridgehead atoms. The Morgan fingerprint density at radius 3 is 2.69 bits per heavy atom. The summed E-state index contributed by atoms with van der Waals surface area (Å²) >= 11 is 0. The monoisotopic (exact) mass is 209 g/mol. The first-order valence-corrected chi connectivity index (χ1v) is 5.13. The van der Waals surface area contributed by atoms with Crippen molar-refractivity contribution in [2.45, 2.75) is 0 Å². The number of aromatic amines is 1. The van der Waals surface area contributed by atoms with E-state index in [0.717, 1.165) is 22.2 Å². The van der Waals surface area contributed by atoms with Gasteiger partial charge in [0.25, 0.3) is 0 Å². The maximum atomic E-state index is 5.95. The Bertz CT molecular complexity index is 626. The molecule has 3 nitrogen and oxygen atoms in total. The SMILES string of the molecule is Nc1nc2[nH]ccc2cc1-c1ccccc1. The summed E-state index contributed by atoms with van der Waals surface area (Å²) in [7, 11) is 0. The highest BCUT2D eigenvalue weighted by atomic mass is 14.9. The fourth-order valence-electron chi connectivity index (χ4n) is 1.84. The van der Waals surface area contributed by atoms with Crippen LogP contribution in [0, 0.1) is 0 Å². The van der Waals surface area contributed by atoms with E-state index >= 15 is 0 Å². The largest absolute Gasteiger partial charge is 0.383 e. The van der Waals surface area contributed by atoms with E-state index in [2.05, 4.69) is 16.0 Å². The van der Waals surface area contributed by atoms with Gasteiger partial charge in [-0.15, -0.1) is 0 Å². The van der Waals surface area contributed by atoms with E-state index < -0.39 is 0 Å². The van der Waals surface area contributed by atoms with Gasteiger partial charge < -0.3 is 10.7 Å². The maximum Gasteiger partial charge on any atom is 0.139 e. The predicted molar refractivity (Wildman–Crippen MR) is 65.9 cm³/mol. The molecule has 0 saturated heterocycles. The third-order valence-electron chi connectivity index (χ3n) is 2.65. The van der Waals surface area contributed by atoms with E-state index in [-0.39, 0.29) is 0 Å². The van der Waals surface area contributed by atoms with Gasteiger partial charge in [-0.2, -0.15) is 0 Å². The Kier molecular flexibility index (Phi) is 1.90. The molecule has 3 rings (SSSR count). The molecule has 3 aromatic rings. The Morgan fingerprint density at radius 1 is 1.06 bits per heavy atom. The van der Waals surface area contributed by atoms with E-state index in [1.54, 1.807) is 0 Å². The summed E-state index contributed by atoms with van der Waals surface area (Å²) in [5.41, 5.74) is 8.85. The van der Waals surface area contributed by atoms with E-state index in [4.69, 9.17) is 5.73 Å². The minimum Gasteiger partial charge on any atom is -0.383 e. The number of nitrogens with one attached hydrogen (secondary N) is 1. The van der Waals surface area contributed by atoms with Gasteiger partial charge in [0.05, 0.1) is 0 Å². The van der Waals surface area contributed by atoms with Crippen LogP contribution in [0.5, 0.6) is 0 Å². The maximum absolute atomic E-state index is 5.95. The molecule has 0 fully saturated rings. The van der Waals surface area contributed by atoms with Crippen LogP contribution in [0.25, 0.3) is 22.2 Å². The number of nitrogens with two attached hydrogens (primary N) is 1. The standard InChI is InChI=1S/C13H11N3/c14-12-11(9-4-2-1-3-5-9)8-10-6-7-15-13(10)16-12/h1-8H,(H3,14,15,16). The summed E-state index contributed by atoms with van der Waals surface area (Å²) in [5.74, 6) is 0.557. The number of aromatic nitrogens is 2. The molecule has 1 aromatic carbocycles. The molecule has 0 aliphatic carbocycles. The highest BCUT2D eigenvalue weighted by molar-refractivity contribution is 5.87. The van der Waals surface area contributed by atoms with Gasteiger partial charge in [-0.05, 0) is 17.7 Å². The number of benzene rings is 1. The van der Waals surface area contributed by atoms with Crippen molar-refractivity contribution in [2.24, 2.45) is 0 Å². The summed E-state index contributed by atoms with van der Waals surface area (Å²) < 4.78 is 0. The second-order valence-corrected chi connectivity index (χ2v) is 3.70. The molecule has 0 aliphatic rings.